The van der Waals surface area contributed by atoms with Crippen LogP contribution < -0.4 is 10.6 Å². The Bertz CT molecular complexity index is 863. The molecule has 6 heteroatoms. The molecule has 0 heterocycles. The summed E-state index contributed by atoms with van der Waals surface area (Å²) in [5.41, 5.74) is 0.711. The number of carbonyl (C=O) groups excluding carboxylic acids is 2. The van der Waals surface area contributed by atoms with Crippen molar-refractivity contribution in [1.82, 2.24) is 20.4 Å². The zero-order valence-electron chi connectivity index (χ0n) is 27.1. The summed E-state index contributed by atoms with van der Waals surface area (Å²) in [5, 5.41) is 6.80. The van der Waals surface area contributed by atoms with Crippen LogP contribution in [-0.4, -0.2) is 68.1 Å². The third kappa shape index (κ3) is 6.28. The van der Waals surface area contributed by atoms with E-state index in [2.05, 4.69) is 43.2 Å². The number of hydrogen-bond donors (Lipinski definition) is 2. The van der Waals surface area contributed by atoms with Crippen LogP contribution in [0.25, 0.3) is 0 Å². The fourth-order valence-electron chi connectivity index (χ4n) is 10.3. The van der Waals surface area contributed by atoms with Gasteiger partial charge in [-0.05, 0) is 145 Å². The molecule has 4 fully saturated rings. The van der Waals surface area contributed by atoms with Crippen LogP contribution >= 0.6 is 0 Å². The van der Waals surface area contributed by atoms with E-state index < -0.39 is 0 Å². The highest BCUT2D eigenvalue weighted by atomic mass is 16.2. The van der Waals surface area contributed by atoms with Crippen LogP contribution in [0.3, 0.4) is 0 Å². The van der Waals surface area contributed by atoms with Gasteiger partial charge in [0.1, 0.15) is 0 Å². The molecule has 6 nitrogen and oxygen atoms in total. The minimum absolute atomic E-state index is 0.0447. The topological polar surface area (TPSA) is 64.7 Å². The van der Waals surface area contributed by atoms with Crippen molar-refractivity contribution in [3.8, 4) is 0 Å². The van der Waals surface area contributed by atoms with Crippen molar-refractivity contribution >= 4 is 11.9 Å². The Labute approximate surface area is 246 Å². The van der Waals surface area contributed by atoms with Crippen LogP contribution in [-0.2, 0) is 4.79 Å². The molecule has 0 aromatic rings. The number of fused-ring (bicyclic) bond motifs is 5. The molecule has 0 aromatic heterocycles. The molecule has 40 heavy (non-hydrogen) atoms. The first-order valence-corrected chi connectivity index (χ1v) is 17.0. The van der Waals surface area contributed by atoms with Gasteiger partial charge in [0.25, 0.3) is 0 Å². The summed E-state index contributed by atoms with van der Waals surface area (Å²) in [7, 11) is 4.08. The van der Waals surface area contributed by atoms with E-state index in [0.29, 0.717) is 24.4 Å². The van der Waals surface area contributed by atoms with Crippen molar-refractivity contribution in [1.29, 1.82) is 0 Å². The van der Waals surface area contributed by atoms with E-state index in [9.17, 15) is 9.59 Å². The second-order valence-corrected chi connectivity index (χ2v) is 14.9. The molecule has 0 saturated heterocycles. The molecule has 5 unspecified atom stereocenters. The standard InChI is InChI=1S/C34H62N4O2/c1-8-10-20-36-26-16-18-33(4)25(23-26)12-13-27-29-15-14-28(34(29,5)19-17-30(27)33)24(3)31(39)38(32(40)35-9-2)22-11-21-37(6)7/h24-30,36H,8-23H2,1-7H3,(H,35,40)/t24?,25-,26?,27?,28+,29?,30?,33-,34+/m0/s1. The van der Waals surface area contributed by atoms with Crippen molar-refractivity contribution in [2.75, 3.05) is 40.3 Å². The number of nitrogens with one attached hydrogen (secondary N) is 2. The lowest BCUT2D eigenvalue weighted by atomic mass is 9.44. The van der Waals surface area contributed by atoms with Gasteiger partial charge < -0.3 is 15.5 Å². The first-order chi connectivity index (χ1) is 19.1. The van der Waals surface area contributed by atoms with E-state index in [-0.39, 0.29) is 23.3 Å². The first-order valence-electron chi connectivity index (χ1n) is 17.0. The lowest BCUT2D eigenvalue weighted by molar-refractivity contribution is -0.140. The lowest BCUT2D eigenvalue weighted by Crippen LogP contribution is -2.56. The maximum absolute atomic E-state index is 13.9. The van der Waals surface area contributed by atoms with Crippen molar-refractivity contribution in [3.63, 3.8) is 0 Å². The molecule has 4 aliphatic carbocycles. The summed E-state index contributed by atoms with van der Waals surface area (Å²) in [4.78, 5) is 30.6. The van der Waals surface area contributed by atoms with Crippen LogP contribution in [0, 0.1) is 46.3 Å². The molecule has 4 aliphatic rings. The van der Waals surface area contributed by atoms with Gasteiger partial charge in [-0.2, -0.15) is 0 Å². The molecule has 4 rings (SSSR count). The van der Waals surface area contributed by atoms with Crippen molar-refractivity contribution < 1.29 is 9.59 Å². The number of hydrogen-bond acceptors (Lipinski definition) is 4. The van der Waals surface area contributed by atoms with Gasteiger partial charge in [-0.25, -0.2) is 4.79 Å². The van der Waals surface area contributed by atoms with E-state index in [1.54, 1.807) is 4.90 Å². The zero-order chi connectivity index (χ0) is 29.1. The molecular formula is C34H62N4O2. The third-order valence-electron chi connectivity index (χ3n) is 12.5. The van der Waals surface area contributed by atoms with Crippen LogP contribution in [0.1, 0.15) is 112 Å². The molecule has 0 aromatic carbocycles. The van der Waals surface area contributed by atoms with E-state index in [4.69, 9.17) is 0 Å². The molecule has 0 radical (unpaired) electrons. The van der Waals surface area contributed by atoms with E-state index >= 15 is 0 Å². The van der Waals surface area contributed by atoms with Gasteiger partial charge in [0, 0.05) is 25.0 Å². The Kier molecular flexibility index (Phi) is 10.7. The van der Waals surface area contributed by atoms with Crippen molar-refractivity contribution in [2.45, 2.75) is 118 Å². The number of unbranched alkanes of at least 4 members (excludes halogenated alkanes) is 1. The van der Waals surface area contributed by atoms with E-state index in [0.717, 1.165) is 49.1 Å². The predicted octanol–water partition coefficient (Wildman–Crippen LogP) is 6.55. The van der Waals surface area contributed by atoms with Gasteiger partial charge in [-0.1, -0.05) is 34.1 Å². The fourth-order valence-corrected chi connectivity index (χ4v) is 10.3. The van der Waals surface area contributed by atoms with Gasteiger partial charge in [0.05, 0.1) is 0 Å². The van der Waals surface area contributed by atoms with Crippen molar-refractivity contribution in [2.24, 2.45) is 46.3 Å². The highest BCUT2D eigenvalue weighted by Crippen LogP contribution is 2.68. The summed E-state index contributed by atoms with van der Waals surface area (Å²) < 4.78 is 0. The molecule has 0 bridgehead atoms. The van der Waals surface area contributed by atoms with Crippen LogP contribution in [0.5, 0.6) is 0 Å². The van der Waals surface area contributed by atoms with Gasteiger partial charge in [-0.15, -0.1) is 0 Å². The van der Waals surface area contributed by atoms with Gasteiger partial charge in [-0.3, -0.25) is 9.69 Å². The fraction of sp³-hybridized carbons (Fsp3) is 0.941. The SMILES string of the molecule is CCCCNC1CC[C@]2(C)C3CC[C@@]4(C)C(CC[C@@H]4C(C)C(=O)N(CCCN(C)C)C(=O)NCC)C3CC[C@H]2C1. The number of nitrogens with zero attached hydrogens (tertiary/aromatic N) is 2. The summed E-state index contributed by atoms with van der Waals surface area (Å²) in [6, 6.07) is 0.510. The zero-order valence-corrected chi connectivity index (χ0v) is 27.1. The van der Waals surface area contributed by atoms with Gasteiger partial charge >= 0.3 is 6.03 Å². The quantitative estimate of drug-likeness (QED) is 0.282. The monoisotopic (exact) mass is 558 g/mol. The summed E-state index contributed by atoms with van der Waals surface area (Å²) in [5.74, 6) is 3.59. The van der Waals surface area contributed by atoms with Crippen LogP contribution in [0.4, 0.5) is 4.79 Å². The average Bonchev–Trinajstić information content (AvgIpc) is 3.27. The van der Waals surface area contributed by atoms with Gasteiger partial charge in [0.2, 0.25) is 5.91 Å². The first kappa shape index (κ1) is 31.8. The molecule has 3 amide bonds. The molecule has 2 N–H and O–H groups in total. The largest absolute Gasteiger partial charge is 0.338 e. The third-order valence-corrected chi connectivity index (χ3v) is 12.5. The Morgan fingerprint density at radius 2 is 1.62 bits per heavy atom. The molecule has 0 aliphatic heterocycles. The van der Waals surface area contributed by atoms with E-state index in [1.807, 2.05) is 21.0 Å². The molecule has 0 spiro atoms. The average molecular weight is 559 g/mol. The Morgan fingerprint density at radius 1 is 0.900 bits per heavy atom. The minimum Gasteiger partial charge on any atom is -0.338 e. The Balaban J connectivity index is 1.44. The minimum atomic E-state index is -0.215. The normalized spacial score (nSPS) is 37.8. The lowest BCUT2D eigenvalue weighted by Gasteiger charge is -2.61. The van der Waals surface area contributed by atoms with Gasteiger partial charge in [0.15, 0.2) is 0 Å². The Hall–Kier alpha value is -1.14. The maximum Gasteiger partial charge on any atom is 0.324 e. The molecule has 9 atom stereocenters. The van der Waals surface area contributed by atoms with Crippen LogP contribution in [0.15, 0.2) is 0 Å². The number of rotatable bonds is 11. The predicted molar refractivity (Wildman–Crippen MR) is 165 cm³/mol. The maximum atomic E-state index is 13.9. The summed E-state index contributed by atoms with van der Waals surface area (Å²) in [6.45, 7) is 14.6. The smallest absolute Gasteiger partial charge is 0.324 e. The highest BCUT2D eigenvalue weighted by molar-refractivity contribution is 5.95. The molecular weight excluding hydrogens is 496 g/mol. The molecule has 4 saturated carbocycles. The van der Waals surface area contributed by atoms with E-state index in [1.165, 1.54) is 70.8 Å². The number of amides is 3. The number of imide groups is 1. The number of carbonyl (C=O) groups is 2. The van der Waals surface area contributed by atoms with Crippen LogP contribution in [0.2, 0.25) is 0 Å². The highest BCUT2D eigenvalue weighted by Gasteiger charge is 2.61. The Morgan fingerprint density at radius 3 is 2.33 bits per heavy atom. The molecule has 230 valence electrons. The van der Waals surface area contributed by atoms with Crippen molar-refractivity contribution in [3.05, 3.63) is 0 Å². The second-order valence-electron chi connectivity index (χ2n) is 14.9. The second kappa shape index (κ2) is 13.4. The number of urea groups is 1. The summed E-state index contributed by atoms with van der Waals surface area (Å²) >= 11 is 0. The summed E-state index contributed by atoms with van der Waals surface area (Å²) in [6.07, 6.45) is 15.3.